The molecule has 0 spiro atoms. The van der Waals surface area contributed by atoms with E-state index < -0.39 is 0 Å². The van der Waals surface area contributed by atoms with E-state index in [1.807, 2.05) is 18.2 Å². The third-order valence-electron chi connectivity index (χ3n) is 5.36. The summed E-state index contributed by atoms with van der Waals surface area (Å²) in [4.78, 5) is 28.9. The third-order valence-corrected chi connectivity index (χ3v) is 5.36. The molecule has 0 aromatic heterocycles. The van der Waals surface area contributed by atoms with Crippen molar-refractivity contribution in [1.82, 2.24) is 9.80 Å². The number of methoxy groups -OCH3 is 2. The van der Waals surface area contributed by atoms with Crippen molar-refractivity contribution in [3.05, 3.63) is 59.2 Å². The van der Waals surface area contributed by atoms with Gasteiger partial charge in [-0.15, -0.1) is 0 Å². The Hall–Kier alpha value is -2.86. The smallest absolute Gasteiger partial charge is 0.262 e. The lowest BCUT2D eigenvalue weighted by Gasteiger charge is -2.29. The van der Waals surface area contributed by atoms with E-state index in [0.29, 0.717) is 11.1 Å². The Balaban J connectivity index is 1.59. The summed E-state index contributed by atoms with van der Waals surface area (Å²) in [6.45, 7) is 1.11. The zero-order valence-corrected chi connectivity index (χ0v) is 15.5. The van der Waals surface area contributed by atoms with Crippen LogP contribution < -0.4 is 9.47 Å². The van der Waals surface area contributed by atoms with Crippen LogP contribution in [0.5, 0.6) is 11.5 Å². The van der Waals surface area contributed by atoms with Gasteiger partial charge in [0.15, 0.2) is 0 Å². The summed E-state index contributed by atoms with van der Waals surface area (Å²) in [6.07, 6.45) is 1.95. The van der Waals surface area contributed by atoms with E-state index >= 15 is 0 Å². The molecule has 2 aliphatic heterocycles. The van der Waals surface area contributed by atoms with E-state index in [4.69, 9.17) is 9.47 Å². The summed E-state index contributed by atoms with van der Waals surface area (Å²) in [6, 6.07) is 12.9. The van der Waals surface area contributed by atoms with Crippen molar-refractivity contribution in [3.63, 3.8) is 0 Å². The number of amides is 2. The molecule has 140 valence electrons. The van der Waals surface area contributed by atoms with E-state index in [2.05, 4.69) is 4.90 Å². The Kier molecular flexibility index (Phi) is 4.58. The fraction of sp³-hybridized carbons (Fsp3) is 0.333. The molecule has 1 fully saturated rings. The Bertz CT molecular complexity index is 861. The number of carbonyl (C=O) groups excluding carboxylic acids is 2. The predicted octanol–water partition coefficient (Wildman–Crippen LogP) is 3.09. The highest BCUT2D eigenvalue weighted by atomic mass is 16.5. The van der Waals surface area contributed by atoms with Gasteiger partial charge in [-0.05, 0) is 31.0 Å². The van der Waals surface area contributed by atoms with Crippen LogP contribution in [0.3, 0.4) is 0 Å². The molecule has 27 heavy (non-hydrogen) atoms. The third kappa shape index (κ3) is 2.96. The first-order chi connectivity index (χ1) is 13.1. The van der Waals surface area contributed by atoms with Crippen molar-refractivity contribution >= 4 is 11.8 Å². The van der Waals surface area contributed by atoms with Gasteiger partial charge in [-0.25, -0.2) is 0 Å². The molecule has 2 aromatic rings. The summed E-state index contributed by atoms with van der Waals surface area (Å²) in [5.74, 6) is 1.06. The number of hydrogen-bond donors (Lipinski definition) is 0. The molecule has 2 aliphatic rings. The number of fused-ring (bicyclic) bond motifs is 1. The van der Waals surface area contributed by atoms with Gasteiger partial charge in [0.1, 0.15) is 11.5 Å². The first-order valence-electron chi connectivity index (χ1n) is 9.05. The molecule has 0 aliphatic carbocycles. The van der Waals surface area contributed by atoms with Gasteiger partial charge in [-0.2, -0.15) is 0 Å². The Morgan fingerprint density at radius 3 is 2.33 bits per heavy atom. The number of benzene rings is 2. The Morgan fingerprint density at radius 2 is 1.70 bits per heavy atom. The molecule has 0 saturated carbocycles. The molecule has 4 rings (SSSR count). The van der Waals surface area contributed by atoms with Crippen LogP contribution in [-0.2, 0) is 0 Å². The number of likely N-dealkylation sites (tertiary alicyclic amines) is 1. The zero-order valence-electron chi connectivity index (χ0n) is 15.5. The molecule has 0 unspecified atom stereocenters. The van der Waals surface area contributed by atoms with Gasteiger partial charge in [-0.3, -0.25) is 19.4 Å². The second-order valence-electron chi connectivity index (χ2n) is 6.80. The van der Waals surface area contributed by atoms with E-state index in [0.717, 1.165) is 36.4 Å². The van der Waals surface area contributed by atoms with Gasteiger partial charge < -0.3 is 9.47 Å². The molecule has 6 nitrogen and oxygen atoms in total. The molecule has 0 bridgehead atoms. The molecule has 0 radical (unpaired) electrons. The highest BCUT2D eigenvalue weighted by Crippen LogP contribution is 2.39. The normalized spacial score (nSPS) is 19.5. The van der Waals surface area contributed by atoms with Crippen molar-refractivity contribution in [3.8, 4) is 11.5 Å². The SMILES string of the molecule is COc1ccc([C@H]2CCCN2CN2C(=O)c3ccccc3C2=O)c(OC)c1. The molecule has 2 amide bonds. The number of rotatable bonds is 5. The van der Waals surface area contributed by atoms with Crippen LogP contribution in [0.2, 0.25) is 0 Å². The Morgan fingerprint density at radius 1 is 1.00 bits per heavy atom. The zero-order chi connectivity index (χ0) is 19.0. The molecule has 1 atom stereocenters. The van der Waals surface area contributed by atoms with Crippen LogP contribution >= 0.6 is 0 Å². The molecule has 2 aromatic carbocycles. The standard InChI is InChI=1S/C21H22N2O4/c1-26-14-9-10-17(19(12-14)27-2)18-8-5-11-22(18)13-23-20(24)15-6-3-4-7-16(15)21(23)25/h3-4,6-7,9-10,12,18H,5,8,11,13H2,1-2H3/t18-/m1/s1. The number of imide groups is 1. The van der Waals surface area contributed by atoms with Gasteiger partial charge in [0, 0.05) is 24.2 Å². The average Bonchev–Trinajstić information content (AvgIpc) is 3.26. The van der Waals surface area contributed by atoms with E-state index in [1.54, 1.807) is 38.5 Å². The molecular formula is C21H22N2O4. The van der Waals surface area contributed by atoms with Crippen molar-refractivity contribution in [2.75, 3.05) is 27.4 Å². The summed E-state index contributed by atoms with van der Waals surface area (Å²) in [5, 5.41) is 0. The van der Waals surface area contributed by atoms with Crippen molar-refractivity contribution in [2.45, 2.75) is 18.9 Å². The van der Waals surface area contributed by atoms with Crippen LogP contribution in [-0.4, -0.2) is 49.0 Å². The quantitative estimate of drug-likeness (QED) is 0.761. The molecule has 2 heterocycles. The lowest BCUT2D eigenvalue weighted by molar-refractivity contribution is 0.0525. The van der Waals surface area contributed by atoms with Crippen molar-refractivity contribution in [1.29, 1.82) is 0 Å². The highest BCUT2D eigenvalue weighted by Gasteiger charge is 2.38. The summed E-state index contributed by atoms with van der Waals surface area (Å²) < 4.78 is 10.8. The fourth-order valence-electron chi connectivity index (χ4n) is 3.99. The monoisotopic (exact) mass is 366 g/mol. The van der Waals surface area contributed by atoms with Gasteiger partial charge >= 0.3 is 0 Å². The second-order valence-corrected chi connectivity index (χ2v) is 6.80. The topological polar surface area (TPSA) is 59.1 Å². The molecular weight excluding hydrogens is 344 g/mol. The summed E-state index contributed by atoms with van der Waals surface area (Å²) in [5.41, 5.74) is 2.02. The maximum absolute atomic E-state index is 12.7. The average molecular weight is 366 g/mol. The van der Waals surface area contributed by atoms with Crippen LogP contribution in [0, 0.1) is 0 Å². The minimum absolute atomic E-state index is 0.0927. The number of carbonyl (C=O) groups is 2. The largest absolute Gasteiger partial charge is 0.497 e. The molecule has 6 heteroatoms. The van der Waals surface area contributed by atoms with E-state index in [9.17, 15) is 9.59 Å². The van der Waals surface area contributed by atoms with Gasteiger partial charge in [0.05, 0.1) is 32.0 Å². The van der Waals surface area contributed by atoms with Crippen molar-refractivity contribution in [2.24, 2.45) is 0 Å². The van der Waals surface area contributed by atoms with Crippen LogP contribution in [0.15, 0.2) is 42.5 Å². The maximum atomic E-state index is 12.7. The summed E-state index contributed by atoms with van der Waals surface area (Å²) >= 11 is 0. The predicted molar refractivity (Wildman–Crippen MR) is 100 cm³/mol. The van der Waals surface area contributed by atoms with Gasteiger partial charge in [-0.1, -0.05) is 18.2 Å². The fourth-order valence-corrected chi connectivity index (χ4v) is 3.99. The first kappa shape index (κ1) is 17.5. The Labute approximate surface area is 158 Å². The molecule has 1 saturated heterocycles. The highest BCUT2D eigenvalue weighted by molar-refractivity contribution is 6.21. The molecule has 0 N–H and O–H groups in total. The van der Waals surface area contributed by atoms with Crippen molar-refractivity contribution < 1.29 is 19.1 Å². The first-order valence-corrected chi connectivity index (χ1v) is 9.05. The second kappa shape index (κ2) is 7.04. The van der Waals surface area contributed by atoms with Crippen LogP contribution in [0.1, 0.15) is 45.2 Å². The lowest BCUT2D eigenvalue weighted by atomic mass is 10.0. The van der Waals surface area contributed by atoms with Crippen LogP contribution in [0.25, 0.3) is 0 Å². The number of ether oxygens (including phenoxy) is 2. The van der Waals surface area contributed by atoms with Gasteiger partial charge in [0.25, 0.3) is 11.8 Å². The summed E-state index contributed by atoms with van der Waals surface area (Å²) in [7, 11) is 3.26. The number of nitrogens with zero attached hydrogens (tertiary/aromatic N) is 2. The van der Waals surface area contributed by atoms with Gasteiger partial charge in [0.2, 0.25) is 0 Å². The minimum atomic E-state index is -0.219. The van der Waals surface area contributed by atoms with Crippen LogP contribution in [0.4, 0.5) is 0 Å². The lowest BCUT2D eigenvalue weighted by Crippen LogP contribution is -2.41. The maximum Gasteiger partial charge on any atom is 0.262 e. The minimum Gasteiger partial charge on any atom is -0.497 e. The van der Waals surface area contributed by atoms with E-state index in [-0.39, 0.29) is 24.5 Å². The number of hydrogen-bond acceptors (Lipinski definition) is 5. The van der Waals surface area contributed by atoms with E-state index in [1.165, 1.54) is 4.90 Å².